The Morgan fingerprint density at radius 2 is 1.95 bits per heavy atom. The Kier molecular flexibility index (Phi) is 4.89. The second kappa shape index (κ2) is 7.06. The van der Waals surface area contributed by atoms with Crippen molar-refractivity contribution in [3.8, 4) is 6.07 Å². The molecule has 0 aliphatic rings. The van der Waals surface area contributed by atoms with Crippen LogP contribution in [0.1, 0.15) is 16.7 Å². The molecule has 0 bridgehead atoms. The molecular weight excluding hydrogens is 271 g/mol. The third-order valence-corrected chi connectivity index (χ3v) is 2.80. The SMILES string of the molecule is N#Cc1ccc(CNC(=O)OCc2ccccc2)cc1F. The summed E-state index contributed by atoms with van der Waals surface area (Å²) in [6.07, 6.45) is -0.580. The maximum absolute atomic E-state index is 13.4. The minimum absolute atomic E-state index is 0.0228. The number of rotatable bonds is 4. The van der Waals surface area contributed by atoms with E-state index in [0.717, 1.165) is 5.56 Å². The maximum atomic E-state index is 13.4. The van der Waals surface area contributed by atoms with E-state index in [9.17, 15) is 9.18 Å². The number of alkyl carbamates (subject to hydrolysis) is 1. The largest absolute Gasteiger partial charge is 0.445 e. The summed E-state index contributed by atoms with van der Waals surface area (Å²) in [7, 11) is 0. The summed E-state index contributed by atoms with van der Waals surface area (Å²) in [6.45, 7) is 0.310. The Bertz CT molecular complexity index is 666. The lowest BCUT2D eigenvalue weighted by atomic mass is 10.1. The van der Waals surface area contributed by atoms with E-state index in [2.05, 4.69) is 5.32 Å². The number of hydrogen-bond donors (Lipinski definition) is 1. The zero-order valence-electron chi connectivity index (χ0n) is 11.2. The second-order valence-corrected chi connectivity index (χ2v) is 4.34. The molecule has 2 aromatic rings. The van der Waals surface area contributed by atoms with Crippen LogP contribution < -0.4 is 5.32 Å². The van der Waals surface area contributed by atoms with Crippen molar-refractivity contribution in [3.63, 3.8) is 0 Å². The van der Waals surface area contributed by atoms with E-state index < -0.39 is 11.9 Å². The fourth-order valence-corrected chi connectivity index (χ4v) is 1.71. The van der Waals surface area contributed by atoms with E-state index in [-0.39, 0.29) is 18.7 Å². The van der Waals surface area contributed by atoms with Gasteiger partial charge in [-0.15, -0.1) is 0 Å². The van der Waals surface area contributed by atoms with Crippen LogP contribution in [0.25, 0.3) is 0 Å². The molecule has 5 heteroatoms. The third-order valence-electron chi connectivity index (χ3n) is 2.80. The molecule has 2 rings (SSSR count). The van der Waals surface area contributed by atoms with Crippen LogP contribution >= 0.6 is 0 Å². The zero-order chi connectivity index (χ0) is 15.1. The molecule has 0 atom stereocenters. The molecule has 4 nitrogen and oxygen atoms in total. The number of nitriles is 1. The second-order valence-electron chi connectivity index (χ2n) is 4.34. The lowest BCUT2D eigenvalue weighted by molar-refractivity contribution is 0.139. The van der Waals surface area contributed by atoms with Gasteiger partial charge in [0.1, 0.15) is 18.5 Å². The molecule has 1 amide bonds. The number of amides is 1. The Balaban J connectivity index is 1.81. The number of ether oxygens (including phenoxy) is 1. The van der Waals surface area contributed by atoms with Crippen molar-refractivity contribution >= 4 is 6.09 Å². The normalized spacial score (nSPS) is 9.71. The standard InChI is InChI=1S/C16H13FN2O2/c17-15-8-13(6-7-14(15)9-18)10-19-16(20)21-11-12-4-2-1-3-5-12/h1-8H,10-11H2,(H,19,20). The number of nitrogens with one attached hydrogen (secondary N) is 1. The lowest BCUT2D eigenvalue weighted by Crippen LogP contribution is -2.23. The first kappa shape index (κ1) is 14.5. The topological polar surface area (TPSA) is 62.1 Å². The van der Waals surface area contributed by atoms with Crippen LogP contribution in [0.2, 0.25) is 0 Å². The van der Waals surface area contributed by atoms with Crippen molar-refractivity contribution in [1.82, 2.24) is 5.32 Å². The molecule has 0 heterocycles. The summed E-state index contributed by atoms with van der Waals surface area (Å²) >= 11 is 0. The van der Waals surface area contributed by atoms with Gasteiger partial charge in [-0.3, -0.25) is 0 Å². The highest BCUT2D eigenvalue weighted by atomic mass is 19.1. The quantitative estimate of drug-likeness (QED) is 0.938. The molecule has 1 N–H and O–H groups in total. The fraction of sp³-hybridized carbons (Fsp3) is 0.125. The minimum Gasteiger partial charge on any atom is -0.445 e. The number of nitrogens with zero attached hydrogens (tertiary/aromatic N) is 1. The molecule has 0 unspecified atom stereocenters. The molecule has 0 saturated carbocycles. The number of halogens is 1. The molecular formula is C16H13FN2O2. The summed E-state index contributed by atoms with van der Waals surface area (Å²) in [4.78, 5) is 11.5. The summed E-state index contributed by atoms with van der Waals surface area (Å²) in [5, 5.41) is 11.1. The summed E-state index contributed by atoms with van der Waals surface area (Å²) in [5.74, 6) is -0.602. The van der Waals surface area contributed by atoms with Gasteiger partial charge >= 0.3 is 6.09 Å². The Hall–Kier alpha value is -2.87. The lowest BCUT2D eigenvalue weighted by Gasteiger charge is -2.07. The van der Waals surface area contributed by atoms with Crippen LogP contribution in [-0.4, -0.2) is 6.09 Å². The molecule has 2 aromatic carbocycles. The number of carbonyl (C=O) groups is 1. The summed E-state index contributed by atoms with van der Waals surface area (Å²) in [6, 6.07) is 15.2. The molecule has 0 aromatic heterocycles. The minimum atomic E-state index is -0.602. The fourth-order valence-electron chi connectivity index (χ4n) is 1.71. The molecule has 0 aliphatic carbocycles. The van der Waals surface area contributed by atoms with Crippen LogP contribution in [0.4, 0.5) is 9.18 Å². The average molecular weight is 284 g/mol. The van der Waals surface area contributed by atoms with Gasteiger partial charge in [-0.25, -0.2) is 9.18 Å². The first-order valence-electron chi connectivity index (χ1n) is 6.32. The van der Waals surface area contributed by atoms with Gasteiger partial charge in [-0.05, 0) is 23.3 Å². The van der Waals surface area contributed by atoms with Gasteiger partial charge < -0.3 is 10.1 Å². The molecule has 106 valence electrons. The zero-order valence-corrected chi connectivity index (χ0v) is 11.2. The Morgan fingerprint density at radius 3 is 2.62 bits per heavy atom. The maximum Gasteiger partial charge on any atom is 0.407 e. The predicted molar refractivity (Wildman–Crippen MR) is 74.6 cm³/mol. The van der Waals surface area contributed by atoms with Gasteiger partial charge in [0.05, 0.1) is 5.56 Å². The van der Waals surface area contributed by atoms with Gasteiger partial charge in [0.15, 0.2) is 0 Å². The smallest absolute Gasteiger partial charge is 0.407 e. The van der Waals surface area contributed by atoms with Crippen molar-refractivity contribution in [3.05, 3.63) is 71.0 Å². The van der Waals surface area contributed by atoms with Crippen molar-refractivity contribution in [2.24, 2.45) is 0 Å². The molecule has 0 spiro atoms. The highest BCUT2D eigenvalue weighted by molar-refractivity contribution is 5.67. The van der Waals surface area contributed by atoms with Gasteiger partial charge in [0.2, 0.25) is 0 Å². The van der Waals surface area contributed by atoms with Gasteiger partial charge in [0.25, 0.3) is 0 Å². The molecule has 0 aliphatic heterocycles. The van der Waals surface area contributed by atoms with Gasteiger partial charge in [-0.2, -0.15) is 5.26 Å². The first-order valence-corrected chi connectivity index (χ1v) is 6.32. The van der Waals surface area contributed by atoms with Crippen molar-refractivity contribution < 1.29 is 13.9 Å². The predicted octanol–water partition coefficient (Wildman–Crippen LogP) is 3.12. The highest BCUT2D eigenvalue weighted by Gasteiger charge is 2.05. The number of carbonyl (C=O) groups excluding carboxylic acids is 1. The molecule has 0 radical (unpaired) electrons. The average Bonchev–Trinajstić information content (AvgIpc) is 2.52. The van der Waals surface area contributed by atoms with Crippen LogP contribution in [0, 0.1) is 17.1 Å². The molecule has 0 saturated heterocycles. The molecule has 0 fully saturated rings. The highest BCUT2D eigenvalue weighted by Crippen LogP contribution is 2.09. The van der Waals surface area contributed by atoms with E-state index >= 15 is 0 Å². The van der Waals surface area contributed by atoms with Crippen LogP contribution in [0.5, 0.6) is 0 Å². The summed E-state index contributed by atoms with van der Waals surface area (Å²) in [5.41, 5.74) is 1.42. The van der Waals surface area contributed by atoms with Crippen LogP contribution in [-0.2, 0) is 17.9 Å². The van der Waals surface area contributed by atoms with Crippen molar-refractivity contribution in [2.45, 2.75) is 13.2 Å². The van der Waals surface area contributed by atoms with Crippen LogP contribution in [0.3, 0.4) is 0 Å². The number of hydrogen-bond acceptors (Lipinski definition) is 3. The molecule has 21 heavy (non-hydrogen) atoms. The van der Waals surface area contributed by atoms with E-state index in [1.165, 1.54) is 12.1 Å². The van der Waals surface area contributed by atoms with Crippen molar-refractivity contribution in [1.29, 1.82) is 5.26 Å². The van der Waals surface area contributed by atoms with E-state index in [1.54, 1.807) is 12.1 Å². The van der Waals surface area contributed by atoms with E-state index in [0.29, 0.717) is 5.56 Å². The van der Waals surface area contributed by atoms with Crippen LogP contribution in [0.15, 0.2) is 48.5 Å². The van der Waals surface area contributed by atoms with E-state index in [1.807, 2.05) is 30.3 Å². The Labute approximate surface area is 121 Å². The van der Waals surface area contributed by atoms with E-state index in [4.69, 9.17) is 10.00 Å². The first-order chi connectivity index (χ1) is 10.2. The third kappa shape index (κ3) is 4.32. The van der Waals surface area contributed by atoms with Gasteiger partial charge in [0, 0.05) is 6.54 Å². The number of benzene rings is 2. The van der Waals surface area contributed by atoms with Gasteiger partial charge in [-0.1, -0.05) is 36.4 Å². The monoisotopic (exact) mass is 284 g/mol. The Morgan fingerprint density at radius 1 is 1.19 bits per heavy atom. The van der Waals surface area contributed by atoms with Crippen molar-refractivity contribution in [2.75, 3.05) is 0 Å². The summed E-state index contributed by atoms with van der Waals surface area (Å²) < 4.78 is 18.4.